The van der Waals surface area contributed by atoms with Crippen LogP contribution in [0.25, 0.3) is 21.7 Å². The van der Waals surface area contributed by atoms with Gasteiger partial charge in [-0.25, -0.2) is 17.8 Å². The third-order valence-electron chi connectivity index (χ3n) is 4.66. The third-order valence-corrected chi connectivity index (χ3v) is 6.90. The fourth-order valence-corrected chi connectivity index (χ4v) is 5.01. The second-order valence-corrected chi connectivity index (χ2v) is 10.1. The molecule has 0 amide bonds. The largest absolute Gasteiger partial charge is 0.489 e. The molecule has 0 unspecified atom stereocenters. The van der Waals surface area contributed by atoms with Gasteiger partial charge in [0, 0.05) is 34.0 Å². The number of ether oxygens (including phenoxy) is 1. The number of rotatable bonds is 6. The minimum absolute atomic E-state index is 0.00401. The molecule has 1 aromatic heterocycles. The van der Waals surface area contributed by atoms with E-state index in [9.17, 15) is 12.8 Å². The molecule has 3 aromatic carbocycles. The zero-order valence-corrected chi connectivity index (χ0v) is 18.8. The van der Waals surface area contributed by atoms with Crippen molar-refractivity contribution in [2.45, 2.75) is 11.5 Å². The maximum atomic E-state index is 13.6. The van der Waals surface area contributed by atoms with Gasteiger partial charge in [0.2, 0.25) is 0 Å². The number of halogens is 2. The van der Waals surface area contributed by atoms with Crippen LogP contribution in [0.5, 0.6) is 5.75 Å². The number of sulfone groups is 1. The van der Waals surface area contributed by atoms with Crippen molar-refractivity contribution >= 4 is 32.8 Å². The van der Waals surface area contributed by atoms with Gasteiger partial charge in [0.15, 0.2) is 9.84 Å². The molecule has 31 heavy (non-hydrogen) atoms. The smallest absolute Gasteiger partial charge is 0.175 e. The molecule has 0 saturated carbocycles. The summed E-state index contributed by atoms with van der Waals surface area (Å²) in [6, 6.07) is 16.1. The summed E-state index contributed by atoms with van der Waals surface area (Å²) < 4.78 is 44.7. The highest BCUT2D eigenvalue weighted by atomic mass is 35.5. The Hall–Kier alpha value is -2.74. The first-order chi connectivity index (χ1) is 14.8. The molecule has 1 heterocycles. The van der Waals surface area contributed by atoms with Gasteiger partial charge in [0.25, 0.3) is 0 Å². The van der Waals surface area contributed by atoms with Crippen molar-refractivity contribution in [1.29, 1.82) is 0 Å². The fraction of sp³-hybridized carbons (Fsp3) is 0.0870. The topological polar surface area (TPSA) is 56.3 Å². The number of aromatic nitrogens is 1. The molecule has 4 nitrogen and oxygen atoms in total. The molecule has 0 fully saturated rings. The van der Waals surface area contributed by atoms with Gasteiger partial charge in [-0.05, 0) is 53.6 Å². The van der Waals surface area contributed by atoms with Crippen LogP contribution in [0, 0.1) is 5.82 Å². The van der Waals surface area contributed by atoms with Gasteiger partial charge in [0.1, 0.15) is 23.2 Å². The van der Waals surface area contributed by atoms with Crippen LogP contribution in [0.1, 0.15) is 5.56 Å². The average molecular weight is 474 g/mol. The molecule has 0 spiro atoms. The molecule has 0 aliphatic carbocycles. The first kappa shape index (κ1) is 21.5. The molecule has 4 rings (SSSR count). The monoisotopic (exact) mass is 473 g/mol. The fourth-order valence-electron chi connectivity index (χ4n) is 3.29. The van der Waals surface area contributed by atoms with E-state index in [0.29, 0.717) is 27.5 Å². The summed E-state index contributed by atoms with van der Waals surface area (Å²) in [5.41, 5.74) is 2.55. The van der Waals surface area contributed by atoms with Gasteiger partial charge in [-0.2, -0.15) is 0 Å². The van der Waals surface area contributed by atoms with E-state index in [-0.39, 0.29) is 17.3 Å². The average Bonchev–Trinajstić information content (AvgIpc) is 3.27. The van der Waals surface area contributed by atoms with Gasteiger partial charge < -0.3 is 4.74 Å². The molecule has 0 radical (unpaired) electrons. The van der Waals surface area contributed by atoms with Crippen LogP contribution in [-0.4, -0.2) is 19.7 Å². The lowest BCUT2D eigenvalue weighted by Gasteiger charge is -2.18. The summed E-state index contributed by atoms with van der Waals surface area (Å²) in [5.74, 6) is 0.173. The zero-order chi connectivity index (χ0) is 22.0. The van der Waals surface area contributed by atoms with Crippen LogP contribution in [0.3, 0.4) is 0 Å². The highest BCUT2D eigenvalue weighted by Gasteiger charge is 2.23. The predicted molar refractivity (Wildman–Crippen MR) is 122 cm³/mol. The van der Waals surface area contributed by atoms with Crippen LogP contribution in [0.4, 0.5) is 4.39 Å². The summed E-state index contributed by atoms with van der Waals surface area (Å²) in [5, 5.41) is 3.15. The van der Waals surface area contributed by atoms with Crippen LogP contribution in [0.2, 0.25) is 5.02 Å². The molecule has 158 valence electrons. The molecule has 8 heteroatoms. The molecule has 0 aliphatic heterocycles. The molecule has 0 aliphatic rings. The van der Waals surface area contributed by atoms with Gasteiger partial charge >= 0.3 is 0 Å². The van der Waals surface area contributed by atoms with Crippen molar-refractivity contribution < 1.29 is 17.5 Å². The minimum Gasteiger partial charge on any atom is -0.489 e. The maximum absolute atomic E-state index is 13.6. The Morgan fingerprint density at radius 1 is 1.03 bits per heavy atom. The lowest BCUT2D eigenvalue weighted by molar-refractivity contribution is 0.303. The van der Waals surface area contributed by atoms with Crippen molar-refractivity contribution in [3.63, 3.8) is 0 Å². The second-order valence-electron chi connectivity index (χ2n) is 6.82. The Labute approximate surface area is 188 Å². The van der Waals surface area contributed by atoms with E-state index < -0.39 is 9.84 Å². The molecular weight excluding hydrogens is 457 g/mol. The quantitative estimate of drug-likeness (QED) is 0.332. The van der Waals surface area contributed by atoms with Gasteiger partial charge in [-0.15, -0.1) is 11.3 Å². The summed E-state index contributed by atoms with van der Waals surface area (Å²) in [7, 11) is -3.56. The Morgan fingerprint density at radius 3 is 2.35 bits per heavy atom. The van der Waals surface area contributed by atoms with Crippen molar-refractivity contribution in [2.24, 2.45) is 0 Å². The first-order valence-electron chi connectivity index (χ1n) is 9.23. The third kappa shape index (κ3) is 4.79. The van der Waals surface area contributed by atoms with Gasteiger partial charge in [-0.3, -0.25) is 0 Å². The minimum atomic E-state index is -3.56. The summed E-state index contributed by atoms with van der Waals surface area (Å²) in [4.78, 5) is 4.54. The van der Waals surface area contributed by atoms with Crippen molar-refractivity contribution in [3.05, 3.63) is 88.6 Å². The van der Waals surface area contributed by atoms with Crippen molar-refractivity contribution in [2.75, 3.05) is 6.26 Å². The van der Waals surface area contributed by atoms with Crippen LogP contribution < -0.4 is 4.74 Å². The molecule has 0 N–H and O–H groups in total. The number of thiazole rings is 1. The molecular formula is C23H17ClFNO3S2. The number of hydrogen-bond acceptors (Lipinski definition) is 5. The van der Waals surface area contributed by atoms with Crippen LogP contribution in [0.15, 0.2) is 77.1 Å². The van der Waals surface area contributed by atoms with E-state index in [4.69, 9.17) is 16.3 Å². The standard InChI is InChI=1S/C23H17ClFNO3S2/c1-31(27,28)21-11-10-19(23-26-12-13-30-23)22(15-2-6-17(25)7-3-15)20(21)14-29-18-8-4-16(24)5-9-18/h2-13H,14H2,1H3. The number of nitrogens with zero attached hydrogens (tertiary/aromatic N) is 1. The summed E-state index contributed by atoms with van der Waals surface area (Å²) in [6.07, 6.45) is 2.84. The Bertz CT molecular complexity index is 1300. The number of benzene rings is 3. The first-order valence-corrected chi connectivity index (χ1v) is 12.4. The van der Waals surface area contributed by atoms with Crippen LogP contribution >= 0.6 is 22.9 Å². The molecule has 0 saturated heterocycles. The van der Waals surface area contributed by atoms with E-state index in [2.05, 4.69) is 4.98 Å². The predicted octanol–water partition coefficient (Wildman–Crippen LogP) is 6.25. The van der Waals surface area contributed by atoms with E-state index in [0.717, 1.165) is 16.8 Å². The molecule has 0 atom stereocenters. The molecule has 4 aromatic rings. The van der Waals surface area contributed by atoms with E-state index in [1.807, 2.05) is 5.38 Å². The number of hydrogen-bond donors (Lipinski definition) is 0. The van der Waals surface area contributed by atoms with Gasteiger partial charge in [-0.1, -0.05) is 29.8 Å². The highest BCUT2D eigenvalue weighted by molar-refractivity contribution is 7.90. The van der Waals surface area contributed by atoms with Crippen LogP contribution in [-0.2, 0) is 16.4 Å². The normalized spacial score (nSPS) is 11.5. The molecule has 0 bridgehead atoms. The summed E-state index contributed by atoms with van der Waals surface area (Å²) in [6.45, 7) is -0.00401. The van der Waals surface area contributed by atoms with E-state index in [1.54, 1.807) is 54.7 Å². The van der Waals surface area contributed by atoms with Crippen molar-refractivity contribution in [3.8, 4) is 27.4 Å². The second kappa shape index (κ2) is 8.78. The maximum Gasteiger partial charge on any atom is 0.175 e. The van der Waals surface area contributed by atoms with E-state index >= 15 is 0 Å². The van der Waals surface area contributed by atoms with Crippen molar-refractivity contribution in [1.82, 2.24) is 4.98 Å². The zero-order valence-electron chi connectivity index (χ0n) is 16.4. The lowest BCUT2D eigenvalue weighted by atomic mass is 9.94. The SMILES string of the molecule is CS(=O)(=O)c1ccc(-c2nccs2)c(-c2ccc(F)cc2)c1COc1ccc(Cl)cc1. The van der Waals surface area contributed by atoms with E-state index in [1.165, 1.54) is 23.5 Å². The highest BCUT2D eigenvalue weighted by Crippen LogP contribution is 2.39. The Balaban J connectivity index is 1.92. The lowest BCUT2D eigenvalue weighted by Crippen LogP contribution is -2.08. The Morgan fingerprint density at radius 2 is 1.74 bits per heavy atom. The Kier molecular flexibility index (Phi) is 6.09. The summed E-state index contributed by atoms with van der Waals surface area (Å²) >= 11 is 7.37. The van der Waals surface area contributed by atoms with Gasteiger partial charge in [0.05, 0.1) is 4.90 Å².